The second-order valence-electron chi connectivity index (χ2n) is 8.26. The molecule has 0 radical (unpaired) electrons. The van der Waals surface area contributed by atoms with E-state index in [0.29, 0.717) is 17.3 Å². The number of aromatic nitrogens is 2. The average molecular weight is 789 g/mol. The van der Waals surface area contributed by atoms with Crippen molar-refractivity contribution < 1.29 is 36.9 Å². The van der Waals surface area contributed by atoms with Crippen molar-refractivity contribution in [2.45, 2.75) is 13.1 Å². The Bertz CT molecular complexity index is 1720. The highest BCUT2D eigenvalue weighted by Crippen LogP contribution is 2.51. The molecule has 0 saturated carbocycles. The van der Waals surface area contributed by atoms with E-state index in [1.807, 2.05) is 36.4 Å². The lowest BCUT2D eigenvalue weighted by Gasteiger charge is -2.14. The smallest absolute Gasteiger partial charge is 0.395 e. The van der Waals surface area contributed by atoms with Crippen LogP contribution < -0.4 is 11.1 Å². The molecule has 0 unspecified atom stereocenters. The van der Waals surface area contributed by atoms with E-state index >= 15 is 0 Å². The molecule has 0 saturated heterocycles. The van der Waals surface area contributed by atoms with E-state index in [1.165, 1.54) is 37.6 Å². The molecule has 0 spiro atoms. The van der Waals surface area contributed by atoms with Gasteiger partial charge in [-0.3, -0.25) is 23.2 Å². The molecule has 12 nitrogen and oxygen atoms in total. The number of hydrogen-bond acceptors (Lipinski definition) is 10. The van der Waals surface area contributed by atoms with E-state index in [0.717, 1.165) is 19.7 Å². The number of aliphatic hydroxyl groups excluding tert-OH is 1. The van der Waals surface area contributed by atoms with E-state index < -0.39 is 14.8 Å². The van der Waals surface area contributed by atoms with Gasteiger partial charge in [0.25, 0.3) is 11.1 Å². The maximum Gasteiger partial charge on any atom is 0.474 e. The molecular weight excluding hydrogens is 757 g/mol. The summed E-state index contributed by atoms with van der Waals surface area (Å²) < 4.78 is 49.6. The molecule has 0 bridgehead atoms. The maximum atomic E-state index is 12.3. The van der Waals surface area contributed by atoms with Crippen LogP contribution in [0.3, 0.4) is 0 Å². The number of aliphatic hydroxyl groups is 1. The molecule has 0 amide bonds. The Morgan fingerprint density at radius 2 is 1.19 bits per heavy atom. The summed E-state index contributed by atoms with van der Waals surface area (Å²) in [6.07, 6.45) is 3.37. The van der Waals surface area contributed by atoms with E-state index in [1.54, 1.807) is 24.5 Å². The number of phosphoric acid groups is 1. The van der Waals surface area contributed by atoms with Crippen LogP contribution in [0.15, 0.2) is 79.5 Å². The number of pyridine rings is 2. The molecule has 0 aliphatic heterocycles. The summed E-state index contributed by atoms with van der Waals surface area (Å²) in [5, 5.41) is 11.8. The molecule has 2 heterocycles. The molecule has 2 aromatic carbocycles. The lowest BCUT2D eigenvalue weighted by Crippen LogP contribution is -2.21. The summed E-state index contributed by atoms with van der Waals surface area (Å²) in [5.74, 6) is 0. The van der Waals surface area contributed by atoms with Gasteiger partial charge < -0.3 is 23.3 Å². The number of fused-ring (bicyclic) bond motifs is 2. The highest BCUT2D eigenvalue weighted by atomic mass is 79.9. The van der Waals surface area contributed by atoms with Crippen molar-refractivity contribution in [1.82, 2.24) is 9.13 Å². The molecule has 1 N–H and O–H groups in total. The van der Waals surface area contributed by atoms with Crippen LogP contribution >= 0.6 is 57.9 Å². The van der Waals surface area contributed by atoms with Gasteiger partial charge in [-0.15, -0.1) is 0 Å². The molecule has 43 heavy (non-hydrogen) atoms. The first-order valence-electron chi connectivity index (χ1n) is 12.3. The van der Waals surface area contributed by atoms with E-state index in [9.17, 15) is 18.7 Å². The van der Waals surface area contributed by atoms with Crippen LogP contribution in [0.4, 0.5) is 0 Å². The quantitative estimate of drug-likeness (QED) is 0.176. The molecule has 0 aliphatic carbocycles. The zero-order chi connectivity index (χ0) is 32.2. The van der Waals surface area contributed by atoms with Crippen LogP contribution in [0.2, 0.25) is 0 Å². The first-order valence-corrected chi connectivity index (χ1v) is 17.8. The summed E-state index contributed by atoms with van der Waals surface area (Å²) >= 11 is 11.7. The van der Waals surface area contributed by atoms with Crippen molar-refractivity contribution in [3.05, 3.63) is 90.6 Å². The van der Waals surface area contributed by atoms with E-state index in [-0.39, 0.29) is 30.9 Å². The Labute approximate surface area is 269 Å². The third-order valence-corrected chi connectivity index (χ3v) is 9.76. The number of hydrogen-bond donors (Lipinski definition) is 1. The van der Waals surface area contributed by atoms with Crippen LogP contribution in [0.25, 0.3) is 21.5 Å². The third kappa shape index (κ3) is 11.3. The molecule has 0 aliphatic rings. The largest absolute Gasteiger partial charge is 0.474 e. The SMILES string of the molecule is COP(=O)(Cl)OC.COP(=O)(OC)OCCn1ccc2cc(Br)ccc2c1=O.O=c1c2ccc(Br)cc2ccn1CCO. The lowest BCUT2D eigenvalue weighted by atomic mass is 10.2. The molecule has 0 atom stereocenters. The summed E-state index contributed by atoms with van der Waals surface area (Å²) in [6, 6.07) is 14.7. The summed E-state index contributed by atoms with van der Waals surface area (Å²) in [7, 11) is 1.41. The first kappa shape index (κ1) is 37.5. The van der Waals surface area contributed by atoms with Crippen LogP contribution in [-0.4, -0.2) is 55.9 Å². The van der Waals surface area contributed by atoms with Gasteiger partial charge in [-0.05, 0) is 59.3 Å². The number of rotatable bonds is 10. The predicted molar refractivity (Wildman–Crippen MR) is 174 cm³/mol. The van der Waals surface area contributed by atoms with Crippen LogP contribution in [0, 0.1) is 0 Å². The fraction of sp³-hybridized carbons (Fsp3) is 0.308. The Hall–Kier alpha value is -1.67. The Morgan fingerprint density at radius 3 is 1.56 bits per heavy atom. The number of nitrogens with zero attached hydrogens (tertiary/aromatic N) is 2. The first-order chi connectivity index (χ1) is 20.3. The van der Waals surface area contributed by atoms with Crippen LogP contribution in [-0.2, 0) is 44.8 Å². The van der Waals surface area contributed by atoms with Gasteiger partial charge in [0.15, 0.2) is 0 Å². The standard InChI is InChI=1S/C13H15BrNO5P.C11H10BrNO2.C2H6ClO3P/c1-18-21(17,19-2)20-8-7-15-6-5-10-9-11(14)3-4-12(10)13(15)16;12-9-1-2-10-8(7-9)3-4-13(5-6-14)11(10)15;1-5-7(3,4)6-2/h3-6,9H,7-8H2,1-2H3;1-4,7,14H,5-6H2;1-2H3. The average Bonchev–Trinajstić information content (AvgIpc) is 3.00. The van der Waals surface area contributed by atoms with Crippen molar-refractivity contribution in [3.8, 4) is 0 Å². The summed E-state index contributed by atoms with van der Waals surface area (Å²) in [5.41, 5.74) is -0.192. The molecule has 4 rings (SSSR count). The molecule has 236 valence electrons. The zero-order valence-corrected chi connectivity index (χ0v) is 29.4. The minimum absolute atomic E-state index is 0.0259. The normalized spacial score (nSPS) is 11.5. The van der Waals surface area contributed by atoms with Gasteiger partial charge in [-0.25, -0.2) is 9.13 Å². The van der Waals surface area contributed by atoms with Gasteiger partial charge in [0.1, 0.15) is 0 Å². The fourth-order valence-electron chi connectivity index (χ4n) is 3.48. The van der Waals surface area contributed by atoms with Gasteiger partial charge in [0.2, 0.25) is 0 Å². The van der Waals surface area contributed by atoms with Crippen molar-refractivity contribution >= 4 is 79.4 Å². The minimum Gasteiger partial charge on any atom is -0.395 e. The number of benzene rings is 2. The number of phosphoric ester groups is 1. The van der Waals surface area contributed by atoms with Crippen molar-refractivity contribution in [1.29, 1.82) is 0 Å². The zero-order valence-electron chi connectivity index (χ0n) is 23.6. The van der Waals surface area contributed by atoms with E-state index in [4.69, 9.17) is 20.9 Å². The van der Waals surface area contributed by atoms with Crippen molar-refractivity contribution in [3.63, 3.8) is 0 Å². The highest BCUT2D eigenvalue weighted by Gasteiger charge is 2.22. The van der Waals surface area contributed by atoms with Crippen molar-refractivity contribution in [2.75, 3.05) is 41.7 Å². The third-order valence-electron chi connectivity index (χ3n) is 5.68. The minimum atomic E-state index is -3.51. The Morgan fingerprint density at radius 1 is 0.744 bits per heavy atom. The Balaban J connectivity index is 0.000000255. The van der Waals surface area contributed by atoms with Crippen molar-refractivity contribution in [2.24, 2.45) is 0 Å². The molecule has 17 heteroatoms. The van der Waals surface area contributed by atoms with Gasteiger partial charge in [-0.1, -0.05) is 31.9 Å². The molecule has 4 aromatic rings. The predicted octanol–water partition coefficient (Wildman–Crippen LogP) is 6.56. The Kier molecular flexibility index (Phi) is 15.5. The highest BCUT2D eigenvalue weighted by molar-refractivity contribution is 9.10. The topological polar surface area (TPSA) is 145 Å². The van der Waals surface area contributed by atoms with Gasteiger partial charge in [0.05, 0.1) is 13.2 Å². The molecule has 0 fully saturated rings. The van der Waals surface area contributed by atoms with Crippen LogP contribution in [0.5, 0.6) is 0 Å². The van der Waals surface area contributed by atoms with Gasteiger partial charge in [0, 0.05) is 84.9 Å². The van der Waals surface area contributed by atoms with E-state index in [2.05, 4.69) is 50.0 Å². The lowest BCUT2D eigenvalue weighted by molar-refractivity contribution is 0.147. The number of halogens is 3. The maximum absolute atomic E-state index is 12.3. The fourth-order valence-corrected chi connectivity index (χ4v) is 5.06. The molecule has 2 aromatic heterocycles. The van der Waals surface area contributed by atoms with Gasteiger partial charge >= 0.3 is 14.8 Å². The van der Waals surface area contributed by atoms with Crippen LogP contribution in [0.1, 0.15) is 0 Å². The monoisotopic (exact) mass is 786 g/mol. The van der Waals surface area contributed by atoms with Gasteiger partial charge in [-0.2, -0.15) is 0 Å². The summed E-state index contributed by atoms with van der Waals surface area (Å²) in [6.45, 7) is -2.58. The second-order valence-corrected chi connectivity index (χ2v) is 14.8. The summed E-state index contributed by atoms with van der Waals surface area (Å²) in [4.78, 5) is 24.2. The second kappa shape index (κ2) is 17.7. The molecular formula is C26H31Br2ClN2O10P2.